The third-order valence-electron chi connectivity index (χ3n) is 1.81. The maximum Gasteiger partial charge on any atom is 0.271 e. The Kier molecular flexibility index (Phi) is 4.03. The monoisotopic (exact) mass is 208 g/mol. The molecule has 1 heterocycles. The van der Waals surface area contributed by atoms with E-state index in [1.807, 2.05) is 13.8 Å². The molecule has 0 bridgehead atoms. The molecule has 1 amide bonds. The highest BCUT2D eigenvalue weighted by molar-refractivity contribution is 5.91. The summed E-state index contributed by atoms with van der Waals surface area (Å²) < 4.78 is 0. The van der Waals surface area contributed by atoms with Crippen LogP contribution in [0.3, 0.4) is 0 Å². The third kappa shape index (κ3) is 3.53. The van der Waals surface area contributed by atoms with E-state index >= 15 is 0 Å². The van der Waals surface area contributed by atoms with E-state index in [0.717, 1.165) is 0 Å². The van der Waals surface area contributed by atoms with Crippen LogP contribution >= 0.6 is 0 Å². The zero-order valence-corrected chi connectivity index (χ0v) is 9.24. The predicted octanol–water partition coefficient (Wildman–Crippen LogP) is 0.904. The summed E-state index contributed by atoms with van der Waals surface area (Å²) in [4.78, 5) is 19.5. The Morgan fingerprint density at radius 1 is 1.40 bits per heavy atom. The van der Waals surface area contributed by atoms with Gasteiger partial charge < -0.3 is 10.6 Å². The van der Waals surface area contributed by atoms with E-state index in [1.54, 1.807) is 7.05 Å². The first-order valence-electron chi connectivity index (χ1n) is 4.91. The summed E-state index contributed by atoms with van der Waals surface area (Å²) in [5, 5.41) is 5.61. The Morgan fingerprint density at radius 2 is 2.13 bits per heavy atom. The van der Waals surface area contributed by atoms with E-state index in [2.05, 4.69) is 20.6 Å². The zero-order chi connectivity index (χ0) is 11.3. The largest absolute Gasteiger partial charge is 0.372 e. The van der Waals surface area contributed by atoms with Crippen LogP contribution in [-0.2, 0) is 0 Å². The Bertz CT molecular complexity index is 321. The van der Waals surface area contributed by atoms with Gasteiger partial charge in [-0.05, 0) is 5.92 Å². The maximum absolute atomic E-state index is 11.5. The van der Waals surface area contributed by atoms with Crippen LogP contribution in [0.2, 0.25) is 0 Å². The van der Waals surface area contributed by atoms with Gasteiger partial charge in [0.2, 0.25) is 0 Å². The summed E-state index contributed by atoms with van der Waals surface area (Å²) in [7, 11) is 1.75. The Morgan fingerprint density at radius 3 is 2.60 bits per heavy atom. The molecular formula is C10H16N4O. The van der Waals surface area contributed by atoms with Gasteiger partial charge in [0.25, 0.3) is 5.91 Å². The summed E-state index contributed by atoms with van der Waals surface area (Å²) in [6.07, 6.45) is 2.99. The molecule has 0 saturated heterocycles. The van der Waals surface area contributed by atoms with Crippen molar-refractivity contribution in [3.8, 4) is 0 Å². The van der Waals surface area contributed by atoms with Gasteiger partial charge in [-0.15, -0.1) is 0 Å². The van der Waals surface area contributed by atoms with Gasteiger partial charge in [0.15, 0.2) is 0 Å². The van der Waals surface area contributed by atoms with Gasteiger partial charge in [-0.3, -0.25) is 4.79 Å². The van der Waals surface area contributed by atoms with Crippen LogP contribution in [0.1, 0.15) is 24.3 Å². The number of nitrogens with zero attached hydrogens (tertiary/aromatic N) is 2. The fourth-order valence-corrected chi connectivity index (χ4v) is 0.962. The van der Waals surface area contributed by atoms with Crippen molar-refractivity contribution in [2.45, 2.75) is 13.8 Å². The first-order valence-corrected chi connectivity index (χ1v) is 4.91. The van der Waals surface area contributed by atoms with E-state index in [4.69, 9.17) is 0 Å². The molecule has 0 radical (unpaired) electrons. The van der Waals surface area contributed by atoms with Crippen molar-refractivity contribution < 1.29 is 4.79 Å². The second-order valence-corrected chi connectivity index (χ2v) is 3.64. The van der Waals surface area contributed by atoms with Gasteiger partial charge >= 0.3 is 0 Å². The lowest BCUT2D eigenvalue weighted by Gasteiger charge is -2.06. The van der Waals surface area contributed by atoms with Crippen LogP contribution in [0.15, 0.2) is 12.4 Å². The van der Waals surface area contributed by atoms with Crippen molar-refractivity contribution in [2.75, 3.05) is 18.9 Å². The van der Waals surface area contributed by atoms with E-state index in [1.165, 1.54) is 12.4 Å². The number of hydrogen-bond donors (Lipinski definition) is 2. The average molecular weight is 208 g/mol. The van der Waals surface area contributed by atoms with Gasteiger partial charge in [0, 0.05) is 13.6 Å². The van der Waals surface area contributed by atoms with Gasteiger partial charge in [-0.2, -0.15) is 0 Å². The second kappa shape index (κ2) is 5.29. The van der Waals surface area contributed by atoms with E-state index in [-0.39, 0.29) is 5.91 Å². The number of hydrogen-bond acceptors (Lipinski definition) is 4. The van der Waals surface area contributed by atoms with Gasteiger partial charge in [-0.1, -0.05) is 13.8 Å². The Labute approximate surface area is 89.3 Å². The molecular weight excluding hydrogens is 192 g/mol. The number of aromatic nitrogens is 2. The van der Waals surface area contributed by atoms with Crippen LogP contribution in [0.4, 0.5) is 5.82 Å². The lowest BCUT2D eigenvalue weighted by Crippen LogP contribution is -2.28. The first kappa shape index (κ1) is 11.4. The molecule has 5 heteroatoms. The minimum Gasteiger partial charge on any atom is -0.372 e. The summed E-state index contributed by atoms with van der Waals surface area (Å²) in [5.74, 6) is 0.896. The molecule has 0 aliphatic heterocycles. The minimum atomic E-state index is -0.182. The number of carbonyl (C=O) groups excluding carboxylic acids is 1. The van der Waals surface area contributed by atoms with Crippen molar-refractivity contribution in [1.82, 2.24) is 15.3 Å². The SMILES string of the molecule is CNc1cnc(C(=O)NCC(C)C)cn1. The lowest BCUT2D eigenvalue weighted by atomic mass is 10.2. The molecule has 0 unspecified atom stereocenters. The standard InChI is InChI=1S/C10H16N4O/c1-7(2)4-14-10(15)8-5-13-9(11-3)6-12-8/h5-7H,4H2,1-3H3,(H,11,13)(H,14,15). The highest BCUT2D eigenvalue weighted by Gasteiger charge is 2.07. The summed E-state index contributed by atoms with van der Waals surface area (Å²) >= 11 is 0. The average Bonchev–Trinajstić information content (AvgIpc) is 2.26. The molecule has 0 saturated carbocycles. The number of anilines is 1. The molecule has 0 aliphatic rings. The second-order valence-electron chi connectivity index (χ2n) is 3.64. The molecule has 0 aromatic carbocycles. The van der Waals surface area contributed by atoms with E-state index in [0.29, 0.717) is 24.0 Å². The molecule has 82 valence electrons. The highest BCUT2D eigenvalue weighted by atomic mass is 16.1. The molecule has 1 aromatic heterocycles. The summed E-state index contributed by atoms with van der Waals surface area (Å²) in [6.45, 7) is 4.72. The van der Waals surface area contributed by atoms with Crippen molar-refractivity contribution in [1.29, 1.82) is 0 Å². The molecule has 0 spiro atoms. The predicted molar refractivity (Wildman–Crippen MR) is 58.7 cm³/mol. The lowest BCUT2D eigenvalue weighted by molar-refractivity contribution is 0.0943. The molecule has 2 N–H and O–H groups in total. The molecule has 0 fully saturated rings. The summed E-state index contributed by atoms with van der Waals surface area (Å²) in [5.41, 5.74) is 0.342. The van der Waals surface area contributed by atoms with E-state index in [9.17, 15) is 4.79 Å². The van der Waals surface area contributed by atoms with Crippen LogP contribution in [0.25, 0.3) is 0 Å². The topological polar surface area (TPSA) is 66.9 Å². The molecule has 1 aromatic rings. The van der Waals surface area contributed by atoms with Gasteiger partial charge in [0.05, 0.1) is 12.4 Å². The maximum atomic E-state index is 11.5. The number of rotatable bonds is 4. The zero-order valence-electron chi connectivity index (χ0n) is 9.24. The molecule has 0 atom stereocenters. The molecule has 0 aliphatic carbocycles. The van der Waals surface area contributed by atoms with Crippen molar-refractivity contribution in [3.05, 3.63) is 18.1 Å². The fourth-order valence-electron chi connectivity index (χ4n) is 0.962. The summed E-state index contributed by atoms with van der Waals surface area (Å²) in [6, 6.07) is 0. The molecule has 1 rings (SSSR count). The van der Waals surface area contributed by atoms with Crippen LogP contribution in [0, 0.1) is 5.92 Å². The number of amides is 1. The fraction of sp³-hybridized carbons (Fsp3) is 0.500. The number of nitrogens with one attached hydrogen (secondary N) is 2. The van der Waals surface area contributed by atoms with Crippen LogP contribution < -0.4 is 10.6 Å². The van der Waals surface area contributed by atoms with Gasteiger partial charge in [-0.25, -0.2) is 9.97 Å². The molecule has 5 nitrogen and oxygen atoms in total. The third-order valence-corrected chi connectivity index (χ3v) is 1.81. The van der Waals surface area contributed by atoms with E-state index < -0.39 is 0 Å². The van der Waals surface area contributed by atoms with Crippen molar-refractivity contribution >= 4 is 11.7 Å². The Balaban J connectivity index is 2.58. The minimum absolute atomic E-state index is 0.182. The van der Waals surface area contributed by atoms with Crippen molar-refractivity contribution in [2.24, 2.45) is 5.92 Å². The number of carbonyl (C=O) groups is 1. The van der Waals surface area contributed by atoms with Crippen LogP contribution in [0.5, 0.6) is 0 Å². The quantitative estimate of drug-likeness (QED) is 0.771. The van der Waals surface area contributed by atoms with Crippen LogP contribution in [-0.4, -0.2) is 29.5 Å². The normalized spacial score (nSPS) is 10.1. The van der Waals surface area contributed by atoms with Crippen molar-refractivity contribution in [3.63, 3.8) is 0 Å². The smallest absolute Gasteiger partial charge is 0.271 e. The molecule has 15 heavy (non-hydrogen) atoms. The van der Waals surface area contributed by atoms with Gasteiger partial charge in [0.1, 0.15) is 11.5 Å². The highest BCUT2D eigenvalue weighted by Crippen LogP contribution is 1.99. The Hall–Kier alpha value is -1.65. The first-order chi connectivity index (χ1) is 7.13.